The molecular weight excluding hydrogens is 399 g/mol. The molecule has 0 radical (unpaired) electrons. The van der Waals surface area contributed by atoms with E-state index in [-0.39, 0.29) is 11.8 Å². The highest BCUT2D eigenvalue weighted by molar-refractivity contribution is 7.52. The summed E-state index contributed by atoms with van der Waals surface area (Å²) >= 11 is 0. The molecule has 0 aliphatic heterocycles. The fourth-order valence-corrected chi connectivity index (χ4v) is 3.10. The highest BCUT2D eigenvalue weighted by atomic mass is 31.2. The van der Waals surface area contributed by atoms with Crippen molar-refractivity contribution in [3.63, 3.8) is 0 Å². The highest BCUT2D eigenvalue weighted by Gasteiger charge is 2.31. The van der Waals surface area contributed by atoms with E-state index in [1.165, 1.54) is 6.92 Å². The molecule has 11 heteroatoms. The summed E-state index contributed by atoms with van der Waals surface area (Å²) in [5, 5.41) is 10.5. The summed E-state index contributed by atoms with van der Waals surface area (Å²) in [6.45, 7) is 8.68. The fraction of sp³-hybridized carbons (Fsp3) is 0.833. The van der Waals surface area contributed by atoms with Gasteiger partial charge in [0.2, 0.25) is 17.7 Å². The second-order valence-corrected chi connectivity index (χ2v) is 9.44. The van der Waals surface area contributed by atoms with Gasteiger partial charge >= 0.3 is 7.60 Å². The van der Waals surface area contributed by atoms with E-state index < -0.39 is 43.3 Å². The van der Waals surface area contributed by atoms with Crippen molar-refractivity contribution in [3.05, 3.63) is 0 Å². The zero-order valence-electron chi connectivity index (χ0n) is 18.2. The van der Waals surface area contributed by atoms with Gasteiger partial charge in [-0.2, -0.15) is 0 Å². The van der Waals surface area contributed by atoms with Crippen LogP contribution in [0.3, 0.4) is 0 Å². The van der Waals surface area contributed by atoms with Crippen LogP contribution in [0.5, 0.6) is 0 Å². The molecule has 10 nitrogen and oxygen atoms in total. The first-order chi connectivity index (χ1) is 13.4. The summed E-state index contributed by atoms with van der Waals surface area (Å²) in [5.41, 5.74) is 0. The van der Waals surface area contributed by atoms with E-state index in [1.807, 2.05) is 27.7 Å². The number of carbonyl (C=O) groups is 3. The van der Waals surface area contributed by atoms with Crippen LogP contribution in [0.4, 0.5) is 0 Å². The Morgan fingerprint density at radius 3 is 1.59 bits per heavy atom. The number of nitrogens with one attached hydrogen (secondary N) is 4. The molecular formula is C18H37N4O6P. The van der Waals surface area contributed by atoms with Crippen molar-refractivity contribution < 1.29 is 28.7 Å². The fourth-order valence-electron chi connectivity index (χ4n) is 2.81. The first kappa shape index (κ1) is 27.5. The van der Waals surface area contributed by atoms with Crippen LogP contribution in [0.25, 0.3) is 0 Å². The maximum absolute atomic E-state index is 12.7. The van der Waals surface area contributed by atoms with E-state index in [9.17, 15) is 18.9 Å². The number of hydrogen-bond donors (Lipinski definition) is 6. The standard InChI is InChI=1S/C18H37N4O6P/c1-7-9-13(16(23)20-12(5)29(26,27)28)21-17(24)14(10-8-2)22-18(25)15(19-6)11(3)4/h11-15,19H,7-10H2,1-6H3,(H,20,23)(H,21,24)(H,22,25)(H2,26,27,28)/t12-,13+,14+,15+/m1/s1. The molecule has 3 amide bonds. The van der Waals surface area contributed by atoms with E-state index in [1.54, 1.807) is 7.05 Å². The molecule has 0 spiro atoms. The smallest absolute Gasteiger partial charge is 0.343 e. The lowest BCUT2D eigenvalue weighted by molar-refractivity contribution is -0.133. The van der Waals surface area contributed by atoms with Gasteiger partial charge in [0, 0.05) is 0 Å². The molecule has 0 aromatic rings. The van der Waals surface area contributed by atoms with E-state index >= 15 is 0 Å². The maximum Gasteiger partial charge on any atom is 0.347 e. The predicted octanol–water partition coefficient (Wildman–Crippen LogP) is 0.440. The molecule has 170 valence electrons. The van der Waals surface area contributed by atoms with Gasteiger partial charge in [-0.1, -0.05) is 40.5 Å². The Hall–Kier alpha value is -1.48. The topological polar surface area (TPSA) is 157 Å². The van der Waals surface area contributed by atoms with Gasteiger partial charge in [0.25, 0.3) is 0 Å². The normalized spacial score (nSPS) is 15.9. The number of amides is 3. The van der Waals surface area contributed by atoms with Crippen LogP contribution in [-0.4, -0.2) is 58.5 Å². The lowest BCUT2D eigenvalue weighted by atomic mass is 10.0. The molecule has 0 aliphatic rings. The summed E-state index contributed by atoms with van der Waals surface area (Å²) in [6.07, 6.45) is 1.90. The van der Waals surface area contributed by atoms with Crippen molar-refractivity contribution in [2.45, 2.75) is 84.2 Å². The number of rotatable bonds is 13. The van der Waals surface area contributed by atoms with Gasteiger partial charge in [0.05, 0.1) is 6.04 Å². The molecule has 0 saturated heterocycles. The average molecular weight is 436 g/mol. The number of likely N-dealkylation sites (N-methyl/N-ethyl adjacent to an activating group) is 1. The van der Waals surface area contributed by atoms with Crippen molar-refractivity contribution in [3.8, 4) is 0 Å². The predicted molar refractivity (Wildman–Crippen MR) is 111 cm³/mol. The minimum atomic E-state index is -4.48. The first-order valence-electron chi connectivity index (χ1n) is 10.0. The summed E-state index contributed by atoms with van der Waals surface area (Å²) in [4.78, 5) is 56.0. The van der Waals surface area contributed by atoms with Gasteiger partial charge in [0.1, 0.15) is 17.9 Å². The average Bonchev–Trinajstić information content (AvgIpc) is 2.60. The first-order valence-corrected chi connectivity index (χ1v) is 11.7. The molecule has 0 unspecified atom stereocenters. The minimum Gasteiger partial charge on any atom is -0.343 e. The number of hydrogen-bond acceptors (Lipinski definition) is 5. The summed E-state index contributed by atoms with van der Waals surface area (Å²) < 4.78 is 11.3. The summed E-state index contributed by atoms with van der Waals surface area (Å²) in [7, 11) is -2.82. The van der Waals surface area contributed by atoms with Crippen molar-refractivity contribution in [1.82, 2.24) is 21.3 Å². The Bertz CT molecular complexity index is 595. The van der Waals surface area contributed by atoms with E-state index in [0.29, 0.717) is 25.7 Å². The van der Waals surface area contributed by atoms with Crippen molar-refractivity contribution in [2.75, 3.05) is 7.05 Å². The quantitative estimate of drug-likeness (QED) is 0.229. The second-order valence-electron chi connectivity index (χ2n) is 7.48. The zero-order chi connectivity index (χ0) is 22.8. The van der Waals surface area contributed by atoms with Crippen LogP contribution < -0.4 is 21.3 Å². The lowest BCUT2D eigenvalue weighted by Crippen LogP contribution is -2.57. The van der Waals surface area contributed by atoms with Gasteiger partial charge in [-0.05, 0) is 32.7 Å². The van der Waals surface area contributed by atoms with Crippen LogP contribution in [0, 0.1) is 5.92 Å². The lowest BCUT2D eigenvalue weighted by Gasteiger charge is -2.26. The van der Waals surface area contributed by atoms with E-state index in [4.69, 9.17) is 9.79 Å². The van der Waals surface area contributed by atoms with Gasteiger partial charge in [-0.25, -0.2) is 0 Å². The summed E-state index contributed by atoms with van der Waals surface area (Å²) in [6, 6.07) is -2.22. The molecule has 29 heavy (non-hydrogen) atoms. The molecule has 4 atom stereocenters. The molecule has 0 fully saturated rings. The largest absolute Gasteiger partial charge is 0.347 e. The van der Waals surface area contributed by atoms with Gasteiger partial charge in [-0.3, -0.25) is 18.9 Å². The van der Waals surface area contributed by atoms with E-state index in [0.717, 1.165) is 0 Å². The molecule has 0 aromatic heterocycles. The van der Waals surface area contributed by atoms with E-state index in [2.05, 4.69) is 21.3 Å². The van der Waals surface area contributed by atoms with Crippen LogP contribution in [0.15, 0.2) is 0 Å². The maximum atomic E-state index is 12.7. The van der Waals surface area contributed by atoms with Crippen molar-refractivity contribution in [1.29, 1.82) is 0 Å². The van der Waals surface area contributed by atoms with Gasteiger partial charge < -0.3 is 31.1 Å². The Labute approximate surface area is 173 Å². The molecule has 0 bridgehead atoms. The van der Waals surface area contributed by atoms with Gasteiger partial charge in [0.15, 0.2) is 0 Å². The third-order valence-corrected chi connectivity index (χ3v) is 5.67. The SMILES string of the molecule is CCC[C@H](NC(=O)[C@H](CCC)NC(=O)[C@@H](NC)C(C)C)C(=O)N[C@@H](C)P(=O)(O)O. The molecule has 0 heterocycles. The van der Waals surface area contributed by atoms with Crippen LogP contribution in [-0.2, 0) is 18.9 Å². The van der Waals surface area contributed by atoms with Crippen LogP contribution in [0.2, 0.25) is 0 Å². The summed E-state index contributed by atoms with van der Waals surface area (Å²) in [5.74, 6) is -2.82. The molecule has 0 saturated carbocycles. The Balaban J connectivity index is 5.24. The molecule has 0 aliphatic carbocycles. The van der Waals surface area contributed by atoms with Crippen LogP contribution >= 0.6 is 7.60 Å². The zero-order valence-corrected chi connectivity index (χ0v) is 19.1. The van der Waals surface area contributed by atoms with Crippen molar-refractivity contribution in [2.24, 2.45) is 5.92 Å². The molecule has 0 aromatic carbocycles. The van der Waals surface area contributed by atoms with Crippen molar-refractivity contribution >= 4 is 25.3 Å². The highest BCUT2D eigenvalue weighted by Crippen LogP contribution is 2.39. The van der Waals surface area contributed by atoms with Gasteiger partial charge in [-0.15, -0.1) is 0 Å². The Morgan fingerprint density at radius 1 is 0.828 bits per heavy atom. The minimum absolute atomic E-state index is 0.0260. The Kier molecular flexibility index (Phi) is 12.3. The molecule has 6 N–H and O–H groups in total. The third-order valence-electron chi connectivity index (χ3n) is 4.54. The second kappa shape index (κ2) is 13.0. The number of carbonyl (C=O) groups excluding carboxylic acids is 3. The Morgan fingerprint density at radius 2 is 1.24 bits per heavy atom. The van der Waals surface area contributed by atoms with Crippen LogP contribution in [0.1, 0.15) is 60.3 Å². The molecule has 0 rings (SSSR count). The monoisotopic (exact) mass is 436 g/mol. The third kappa shape index (κ3) is 9.71.